The summed E-state index contributed by atoms with van der Waals surface area (Å²) in [5.41, 5.74) is 11.4. The van der Waals surface area contributed by atoms with Gasteiger partial charge in [0.25, 0.3) is 0 Å². The topological polar surface area (TPSA) is 64.5 Å². The number of hydrogen-bond donors (Lipinski definition) is 2. The zero-order valence-electron chi connectivity index (χ0n) is 8.62. The van der Waals surface area contributed by atoms with Crippen molar-refractivity contribution in [1.29, 1.82) is 0 Å². The molecule has 13 heavy (non-hydrogen) atoms. The summed E-state index contributed by atoms with van der Waals surface area (Å²) in [4.78, 5) is 2.32. The van der Waals surface area contributed by atoms with Crippen LogP contribution in [0.25, 0.3) is 0 Å². The number of rotatable bonds is 3. The molecule has 1 fully saturated rings. The van der Waals surface area contributed by atoms with E-state index >= 15 is 0 Å². The minimum atomic E-state index is -0.128. The lowest BCUT2D eigenvalue weighted by atomic mass is 10.1. The van der Waals surface area contributed by atoms with Crippen LogP contribution in [0.5, 0.6) is 0 Å². The molecule has 0 radical (unpaired) electrons. The van der Waals surface area contributed by atoms with E-state index in [0.717, 1.165) is 26.2 Å². The smallest absolute Gasteiger partial charge is 0.0824 e. The molecule has 4 N–H and O–H groups in total. The van der Waals surface area contributed by atoms with E-state index in [1.54, 1.807) is 0 Å². The highest BCUT2D eigenvalue weighted by atomic mass is 16.5. The highest BCUT2D eigenvalue weighted by Crippen LogP contribution is 2.08. The molecular formula is C9H21N3O. The van der Waals surface area contributed by atoms with Gasteiger partial charge in [-0.25, -0.2) is 0 Å². The molecular weight excluding hydrogens is 166 g/mol. The standard InChI is InChI=1S/C9H21N3O/c1-9(2,11)7-12-3-4-13-8(5-10)6-12/h8H,3-7,10-11H2,1-2H3. The van der Waals surface area contributed by atoms with E-state index in [1.807, 2.05) is 13.8 Å². The van der Waals surface area contributed by atoms with Crippen LogP contribution in [0.4, 0.5) is 0 Å². The normalized spacial score (nSPS) is 26.3. The van der Waals surface area contributed by atoms with Crippen LogP contribution in [0.1, 0.15) is 13.8 Å². The first-order chi connectivity index (χ1) is 6.01. The van der Waals surface area contributed by atoms with Gasteiger partial charge in [0.1, 0.15) is 0 Å². The summed E-state index contributed by atoms with van der Waals surface area (Å²) >= 11 is 0. The van der Waals surface area contributed by atoms with Crippen LogP contribution < -0.4 is 11.5 Å². The SMILES string of the molecule is CC(C)(N)CN1CCOC(CN)C1. The first kappa shape index (κ1) is 10.9. The molecule has 0 bridgehead atoms. The summed E-state index contributed by atoms with van der Waals surface area (Å²) < 4.78 is 5.46. The van der Waals surface area contributed by atoms with E-state index in [2.05, 4.69) is 4.90 Å². The van der Waals surface area contributed by atoms with Gasteiger partial charge >= 0.3 is 0 Å². The highest BCUT2D eigenvalue weighted by molar-refractivity contribution is 4.81. The highest BCUT2D eigenvalue weighted by Gasteiger charge is 2.23. The van der Waals surface area contributed by atoms with Gasteiger partial charge in [0, 0.05) is 31.7 Å². The molecule has 78 valence electrons. The Balaban J connectivity index is 2.34. The van der Waals surface area contributed by atoms with Crippen molar-refractivity contribution in [2.45, 2.75) is 25.5 Å². The summed E-state index contributed by atoms with van der Waals surface area (Å²) in [6.07, 6.45) is 0.191. The summed E-state index contributed by atoms with van der Waals surface area (Å²) in [5, 5.41) is 0. The van der Waals surface area contributed by atoms with E-state index in [-0.39, 0.29) is 11.6 Å². The molecule has 0 aliphatic carbocycles. The third kappa shape index (κ3) is 4.04. The Kier molecular flexibility index (Phi) is 3.67. The van der Waals surface area contributed by atoms with Crippen molar-refractivity contribution in [3.8, 4) is 0 Å². The van der Waals surface area contributed by atoms with Crippen LogP contribution in [0.2, 0.25) is 0 Å². The van der Waals surface area contributed by atoms with Gasteiger partial charge in [0.15, 0.2) is 0 Å². The molecule has 4 nitrogen and oxygen atoms in total. The molecule has 0 aromatic heterocycles. The first-order valence-corrected chi connectivity index (χ1v) is 4.84. The van der Waals surface area contributed by atoms with Crippen molar-refractivity contribution < 1.29 is 4.74 Å². The third-order valence-corrected chi connectivity index (χ3v) is 2.12. The fourth-order valence-corrected chi connectivity index (χ4v) is 1.64. The molecule has 1 heterocycles. The summed E-state index contributed by atoms with van der Waals surface area (Å²) in [7, 11) is 0. The predicted octanol–water partition coefficient (Wildman–Crippen LogP) is -0.617. The van der Waals surface area contributed by atoms with Gasteiger partial charge < -0.3 is 16.2 Å². The minimum Gasteiger partial charge on any atom is -0.374 e. The van der Waals surface area contributed by atoms with Gasteiger partial charge in [0.05, 0.1) is 12.7 Å². The Hall–Kier alpha value is -0.160. The lowest BCUT2D eigenvalue weighted by molar-refractivity contribution is -0.0279. The number of nitrogens with zero attached hydrogens (tertiary/aromatic N) is 1. The van der Waals surface area contributed by atoms with Crippen LogP contribution in [0.3, 0.4) is 0 Å². The summed E-state index contributed by atoms with van der Waals surface area (Å²) in [5.74, 6) is 0. The van der Waals surface area contributed by atoms with Gasteiger partial charge in [-0.3, -0.25) is 4.90 Å². The van der Waals surface area contributed by atoms with Gasteiger partial charge in [-0.2, -0.15) is 0 Å². The molecule has 0 spiro atoms. The second-order valence-electron chi connectivity index (χ2n) is 4.45. The van der Waals surface area contributed by atoms with E-state index in [1.165, 1.54) is 0 Å². The Morgan fingerprint density at radius 1 is 1.54 bits per heavy atom. The van der Waals surface area contributed by atoms with Crippen LogP contribution >= 0.6 is 0 Å². The van der Waals surface area contributed by atoms with E-state index in [4.69, 9.17) is 16.2 Å². The molecule has 4 heteroatoms. The molecule has 0 aromatic carbocycles. The Morgan fingerprint density at radius 3 is 2.77 bits per heavy atom. The Labute approximate surface area is 80.2 Å². The molecule has 1 aliphatic rings. The predicted molar refractivity (Wildman–Crippen MR) is 53.5 cm³/mol. The van der Waals surface area contributed by atoms with Crippen LogP contribution in [0, 0.1) is 0 Å². The summed E-state index contributed by atoms with van der Waals surface area (Å²) in [6.45, 7) is 8.25. The number of nitrogens with two attached hydrogens (primary N) is 2. The van der Waals surface area contributed by atoms with Crippen molar-refractivity contribution in [2.75, 3.05) is 32.8 Å². The first-order valence-electron chi connectivity index (χ1n) is 4.84. The average Bonchev–Trinajstić information content (AvgIpc) is 2.01. The van der Waals surface area contributed by atoms with E-state index in [9.17, 15) is 0 Å². The van der Waals surface area contributed by atoms with Crippen molar-refractivity contribution in [1.82, 2.24) is 4.90 Å². The molecule has 1 unspecified atom stereocenters. The fourth-order valence-electron chi connectivity index (χ4n) is 1.64. The van der Waals surface area contributed by atoms with E-state index < -0.39 is 0 Å². The average molecular weight is 187 g/mol. The van der Waals surface area contributed by atoms with Gasteiger partial charge in [-0.15, -0.1) is 0 Å². The van der Waals surface area contributed by atoms with Crippen LogP contribution in [-0.2, 0) is 4.74 Å². The number of ether oxygens (including phenoxy) is 1. The molecule has 1 aliphatic heterocycles. The van der Waals surface area contributed by atoms with Crippen LogP contribution in [-0.4, -0.2) is 49.3 Å². The molecule has 1 saturated heterocycles. The second-order valence-corrected chi connectivity index (χ2v) is 4.45. The maximum absolute atomic E-state index is 5.94. The maximum Gasteiger partial charge on any atom is 0.0824 e. The second kappa shape index (κ2) is 4.37. The van der Waals surface area contributed by atoms with Crippen molar-refractivity contribution >= 4 is 0 Å². The largest absolute Gasteiger partial charge is 0.374 e. The fraction of sp³-hybridized carbons (Fsp3) is 1.00. The lowest BCUT2D eigenvalue weighted by Gasteiger charge is -2.36. The number of hydrogen-bond acceptors (Lipinski definition) is 4. The monoisotopic (exact) mass is 187 g/mol. The van der Waals surface area contributed by atoms with Gasteiger partial charge in [-0.05, 0) is 13.8 Å². The lowest BCUT2D eigenvalue weighted by Crippen LogP contribution is -2.52. The van der Waals surface area contributed by atoms with Gasteiger partial charge in [0.2, 0.25) is 0 Å². The Morgan fingerprint density at radius 2 is 2.23 bits per heavy atom. The van der Waals surface area contributed by atoms with Crippen molar-refractivity contribution in [3.05, 3.63) is 0 Å². The van der Waals surface area contributed by atoms with Crippen molar-refractivity contribution in [2.24, 2.45) is 11.5 Å². The Bertz CT molecular complexity index is 155. The van der Waals surface area contributed by atoms with Gasteiger partial charge in [-0.1, -0.05) is 0 Å². The molecule has 1 rings (SSSR count). The maximum atomic E-state index is 5.94. The van der Waals surface area contributed by atoms with Crippen LogP contribution in [0.15, 0.2) is 0 Å². The number of morpholine rings is 1. The molecule has 1 atom stereocenters. The summed E-state index contributed by atoms with van der Waals surface area (Å²) in [6, 6.07) is 0. The molecule has 0 saturated carbocycles. The quantitative estimate of drug-likeness (QED) is 0.618. The molecule has 0 amide bonds. The zero-order chi connectivity index (χ0) is 9.90. The van der Waals surface area contributed by atoms with E-state index in [0.29, 0.717) is 6.54 Å². The minimum absolute atomic E-state index is 0.128. The third-order valence-electron chi connectivity index (χ3n) is 2.12. The zero-order valence-corrected chi connectivity index (χ0v) is 8.62. The molecule has 0 aromatic rings. The van der Waals surface area contributed by atoms with Crippen molar-refractivity contribution in [3.63, 3.8) is 0 Å².